The third-order valence-electron chi connectivity index (χ3n) is 2.47. The molecule has 0 bridgehead atoms. The second-order valence-electron chi connectivity index (χ2n) is 3.66. The van der Waals surface area contributed by atoms with Crippen LogP contribution in [-0.4, -0.2) is 13.1 Å². The number of anilines is 1. The van der Waals surface area contributed by atoms with E-state index in [0.717, 1.165) is 15.7 Å². The van der Waals surface area contributed by atoms with Gasteiger partial charge in [0.25, 0.3) is 0 Å². The van der Waals surface area contributed by atoms with E-state index in [-0.39, 0.29) is 5.97 Å². The highest BCUT2D eigenvalue weighted by Crippen LogP contribution is 2.24. The average Bonchev–Trinajstić information content (AvgIpc) is 2.91. The molecule has 3 nitrogen and oxygen atoms in total. The van der Waals surface area contributed by atoms with Crippen molar-refractivity contribution in [2.45, 2.75) is 6.04 Å². The topological polar surface area (TPSA) is 38.3 Å². The molecule has 0 saturated heterocycles. The molecule has 0 saturated carbocycles. The highest BCUT2D eigenvalue weighted by molar-refractivity contribution is 9.10. The average molecular weight is 326 g/mol. The maximum Gasteiger partial charge on any atom is 0.333 e. The molecule has 0 aliphatic carbocycles. The fraction of sp³-hybridized carbons (Fsp3) is 0.154. The first-order chi connectivity index (χ1) is 8.70. The Labute approximate surface area is 118 Å². The summed E-state index contributed by atoms with van der Waals surface area (Å²) in [6.07, 6.45) is 0. The molecule has 1 aromatic carbocycles. The molecule has 1 atom stereocenters. The first-order valence-electron chi connectivity index (χ1n) is 5.32. The minimum Gasteiger partial charge on any atom is -0.467 e. The van der Waals surface area contributed by atoms with Crippen LogP contribution >= 0.6 is 27.3 Å². The van der Waals surface area contributed by atoms with Crippen molar-refractivity contribution in [2.24, 2.45) is 0 Å². The molecule has 0 fully saturated rings. The highest BCUT2D eigenvalue weighted by atomic mass is 79.9. The van der Waals surface area contributed by atoms with Gasteiger partial charge in [0.15, 0.2) is 6.04 Å². The molecule has 1 N–H and O–H groups in total. The first kappa shape index (κ1) is 13.1. The van der Waals surface area contributed by atoms with Crippen LogP contribution in [0.1, 0.15) is 11.6 Å². The number of hydrogen-bond acceptors (Lipinski definition) is 4. The Kier molecular flexibility index (Phi) is 4.38. The van der Waals surface area contributed by atoms with E-state index >= 15 is 0 Å². The van der Waals surface area contributed by atoms with Gasteiger partial charge in [0.2, 0.25) is 0 Å². The summed E-state index contributed by atoms with van der Waals surface area (Å²) in [7, 11) is 1.39. The molecule has 18 heavy (non-hydrogen) atoms. The smallest absolute Gasteiger partial charge is 0.333 e. The van der Waals surface area contributed by atoms with E-state index in [2.05, 4.69) is 21.2 Å². The van der Waals surface area contributed by atoms with Gasteiger partial charge in [-0.1, -0.05) is 15.9 Å². The zero-order valence-electron chi connectivity index (χ0n) is 9.72. The van der Waals surface area contributed by atoms with Gasteiger partial charge in [0.1, 0.15) is 0 Å². The van der Waals surface area contributed by atoms with Crippen LogP contribution in [0, 0.1) is 0 Å². The van der Waals surface area contributed by atoms with E-state index in [9.17, 15) is 4.79 Å². The van der Waals surface area contributed by atoms with E-state index in [1.807, 2.05) is 41.1 Å². The van der Waals surface area contributed by atoms with Crippen LogP contribution in [0.3, 0.4) is 0 Å². The zero-order chi connectivity index (χ0) is 13.0. The summed E-state index contributed by atoms with van der Waals surface area (Å²) in [5, 5.41) is 7.05. The number of carbonyl (C=O) groups is 1. The highest BCUT2D eigenvalue weighted by Gasteiger charge is 2.21. The number of rotatable bonds is 4. The Morgan fingerprint density at radius 1 is 1.33 bits per heavy atom. The minimum absolute atomic E-state index is 0.295. The molecule has 5 heteroatoms. The van der Waals surface area contributed by atoms with Gasteiger partial charge in [-0.3, -0.25) is 0 Å². The second kappa shape index (κ2) is 6.02. The van der Waals surface area contributed by atoms with Crippen LogP contribution in [0.4, 0.5) is 5.69 Å². The Morgan fingerprint density at radius 2 is 2.06 bits per heavy atom. The maximum absolute atomic E-state index is 11.8. The summed E-state index contributed by atoms with van der Waals surface area (Å²) in [6.45, 7) is 0. The quantitative estimate of drug-likeness (QED) is 0.868. The molecule has 2 rings (SSSR count). The van der Waals surface area contributed by atoms with Crippen molar-refractivity contribution >= 4 is 38.9 Å². The Balaban J connectivity index is 2.20. The summed E-state index contributed by atoms with van der Waals surface area (Å²) in [6, 6.07) is 9.10. The fourth-order valence-corrected chi connectivity index (χ4v) is 2.50. The molecule has 0 aliphatic rings. The number of esters is 1. The molecule has 0 radical (unpaired) electrons. The normalized spacial score (nSPS) is 11.9. The number of hydrogen-bond donors (Lipinski definition) is 1. The number of ether oxygens (including phenoxy) is 1. The lowest BCUT2D eigenvalue weighted by Gasteiger charge is -2.16. The van der Waals surface area contributed by atoms with E-state index < -0.39 is 6.04 Å². The van der Waals surface area contributed by atoms with Crippen molar-refractivity contribution in [1.29, 1.82) is 0 Å². The monoisotopic (exact) mass is 325 g/mol. The molecule has 0 spiro atoms. The number of thiophene rings is 1. The second-order valence-corrected chi connectivity index (χ2v) is 5.36. The van der Waals surface area contributed by atoms with E-state index in [1.54, 1.807) is 11.3 Å². The van der Waals surface area contributed by atoms with Crippen LogP contribution in [0.15, 0.2) is 45.6 Å². The Hall–Kier alpha value is -1.33. The summed E-state index contributed by atoms with van der Waals surface area (Å²) >= 11 is 4.93. The van der Waals surface area contributed by atoms with Gasteiger partial charge in [0.05, 0.1) is 7.11 Å². The van der Waals surface area contributed by atoms with Crippen LogP contribution in [-0.2, 0) is 9.53 Å². The Bertz CT molecular complexity index is 510. The molecule has 0 aliphatic heterocycles. The van der Waals surface area contributed by atoms with Crippen molar-refractivity contribution in [1.82, 2.24) is 0 Å². The first-order valence-corrected chi connectivity index (χ1v) is 7.06. The predicted octanol–water partition coefficient (Wildman–Crippen LogP) is 3.84. The van der Waals surface area contributed by atoms with E-state index in [4.69, 9.17) is 4.74 Å². The van der Waals surface area contributed by atoms with Crippen molar-refractivity contribution < 1.29 is 9.53 Å². The molecule has 94 valence electrons. The molecular formula is C13H12BrNO2S. The van der Waals surface area contributed by atoms with Crippen LogP contribution in [0.5, 0.6) is 0 Å². The largest absolute Gasteiger partial charge is 0.467 e. The zero-order valence-corrected chi connectivity index (χ0v) is 12.1. The maximum atomic E-state index is 11.8. The van der Waals surface area contributed by atoms with Gasteiger partial charge in [-0.2, -0.15) is 11.3 Å². The van der Waals surface area contributed by atoms with Crippen molar-refractivity contribution in [3.8, 4) is 0 Å². The lowest BCUT2D eigenvalue weighted by atomic mass is 10.1. The van der Waals surface area contributed by atoms with Gasteiger partial charge >= 0.3 is 5.97 Å². The SMILES string of the molecule is COC(=O)C(Nc1ccc(Br)cc1)c1ccsc1. The third-order valence-corrected chi connectivity index (χ3v) is 3.70. The number of benzene rings is 1. The van der Waals surface area contributed by atoms with Gasteiger partial charge in [-0.15, -0.1) is 0 Å². The van der Waals surface area contributed by atoms with Crippen molar-refractivity contribution in [3.63, 3.8) is 0 Å². The van der Waals surface area contributed by atoms with Gasteiger partial charge in [-0.05, 0) is 46.7 Å². The van der Waals surface area contributed by atoms with Gasteiger partial charge in [-0.25, -0.2) is 4.79 Å². The van der Waals surface area contributed by atoms with E-state index in [1.165, 1.54) is 7.11 Å². The third kappa shape index (κ3) is 3.11. The standard InChI is InChI=1S/C13H12BrNO2S/c1-17-13(16)12(9-6-7-18-8-9)15-11-4-2-10(14)3-5-11/h2-8,12,15H,1H3. The molecule has 1 unspecified atom stereocenters. The number of methoxy groups -OCH3 is 1. The molecule has 0 amide bonds. The van der Waals surface area contributed by atoms with Crippen LogP contribution in [0.2, 0.25) is 0 Å². The number of carbonyl (C=O) groups excluding carboxylic acids is 1. The van der Waals surface area contributed by atoms with Gasteiger partial charge < -0.3 is 10.1 Å². The summed E-state index contributed by atoms with van der Waals surface area (Å²) in [5.41, 5.74) is 1.79. The Morgan fingerprint density at radius 3 is 2.61 bits per heavy atom. The lowest BCUT2D eigenvalue weighted by Crippen LogP contribution is -2.21. The summed E-state index contributed by atoms with van der Waals surface area (Å²) in [5.74, 6) is -0.295. The molecule has 1 heterocycles. The molecular weight excluding hydrogens is 314 g/mol. The van der Waals surface area contributed by atoms with Crippen LogP contribution in [0.25, 0.3) is 0 Å². The fourth-order valence-electron chi connectivity index (χ4n) is 1.55. The predicted molar refractivity (Wildman–Crippen MR) is 76.8 cm³/mol. The summed E-state index contributed by atoms with van der Waals surface area (Å²) in [4.78, 5) is 11.8. The van der Waals surface area contributed by atoms with Crippen LogP contribution < -0.4 is 5.32 Å². The van der Waals surface area contributed by atoms with Crippen molar-refractivity contribution in [3.05, 3.63) is 51.1 Å². The summed E-state index contributed by atoms with van der Waals surface area (Å²) < 4.78 is 5.82. The molecule has 1 aromatic heterocycles. The number of nitrogens with one attached hydrogen (secondary N) is 1. The minimum atomic E-state index is -0.470. The molecule has 2 aromatic rings. The van der Waals surface area contributed by atoms with E-state index in [0.29, 0.717) is 0 Å². The number of halogens is 1. The lowest BCUT2D eigenvalue weighted by molar-refractivity contribution is -0.141. The van der Waals surface area contributed by atoms with Gasteiger partial charge in [0, 0.05) is 10.2 Å². The van der Waals surface area contributed by atoms with Crippen molar-refractivity contribution in [2.75, 3.05) is 12.4 Å².